The molecule has 0 unspecified atom stereocenters. The Morgan fingerprint density at radius 3 is 2.55 bits per heavy atom. The molecule has 11 heavy (non-hydrogen) atoms. The molecule has 0 heterocycles. The van der Waals surface area contributed by atoms with E-state index in [1.807, 2.05) is 13.8 Å². The van der Waals surface area contributed by atoms with E-state index in [2.05, 4.69) is 5.92 Å². The molecule has 0 aliphatic rings. The molecule has 62 valence electrons. The van der Waals surface area contributed by atoms with E-state index in [1.54, 1.807) is 4.90 Å². The average Bonchev–Trinajstić information content (AvgIpc) is 2.00. The Kier molecular flexibility index (Phi) is 5.28. The molecule has 0 aromatic carbocycles. The number of hydrogen-bond acceptors (Lipinski definition) is 1. The van der Waals surface area contributed by atoms with E-state index < -0.39 is 0 Å². The Morgan fingerprint density at radius 1 is 1.55 bits per heavy atom. The van der Waals surface area contributed by atoms with Gasteiger partial charge in [-0.1, -0.05) is 12.8 Å². The smallest absolute Gasteiger partial charge is 0.223 e. The highest BCUT2D eigenvalue weighted by molar-refractivity contribution is 5.76. The minimum absolute atomic E-state index is 0.160. The molecule has 0 spiro atoms. The van der Waals surface area contributed by atoms with Crippen LogP contribution in [-0.2, 0) is 4.79 Å². The zero-order valence-corrected chi connectivity index (χ0v) is 7.26. The van der Waals surface area contributed by atoms with Crippen molar-refractivity contribution in [1.82, 2.24) is 4.90 Å². The summed E-state index contributed by atoms with van der Waals surface area (Å²) in [5.41, 5.74) is 0. The second kappa shape index (κ2) is 5.79. The minimum atomic E-state index is 0.160. The van der Waals surface area contributed by atoms with Crippen LogP contribution >= 0.6 is 0 Å². The van der Waals surface area contributed by atoms with Crippen molar-refractivity contribution in [3.8, 4) is 12.3 Å². The third-order valence-electron chi connectivity index (χ3n) is 1.48. The summed E-state index contributed by atoms with van der Waals surface area (Å²) in [4.78, 5) is 12.9. The highest BCUT2D eigenvalue weighted by Gasteiger charge is 2.07. The number of amides is 1. The summed E-state index contributed by atoms with van der Waals surface area (Å²) >= 11 is 0. The lowest BCUT2D eigenvalue weighted by atomic mass is 10.3. The van der Waals surface area contributed by atoms with Gasteiger partial charge in [0, 0.05) is 13.0 Å². The topological polar surface area (TPSA) is 20.3 Å². The first-order chi connectivity index (χ1) is 5.26. The van der Waals surface area contributed by atoms with Crippen LogP contribution in [0.3, 0.4) is 0 Å². The molecule has 0 radical (unpaired) electrons. The molecular weight excluding hydrogens is 138 g/mol. The van der Waals surface area contributed by atoms with Gasteiger partial charge in [0.25, 0.3) is 0 Å². The van der Waals surface area contributed by atoms with E-state index in [-0.39, 0.29) is 5.91 Å². The molecule has 1 amide bonds. The fraction of sp³-hybridized carbons (Fsp3) is 0.667. The second-order valence-electron chi connectivity index (χ2n) is 2.36. The first kappa shape index (κ1) is 10.0. The van der Waals surface area contributed by atoms with Gasteiger partial charge in [-0.15, -0.1) is 6.42 Å². The lowest BCUT2D eigenvalue weighted by molar-refractivity contribution is -0.130. The molecule has 0 aliphatic carbocycles. The molecule has 0 saturated carbocycles. The van der Waals surface area contributed by atoms with Gasteiger partial charge in [0.2, 0.25) is 5.91 Å². The zero-order chi connectivity index (χ0) is 8.69. The third-order valence-corrected chi connectivity index (χ3v) is 1.48. The summed E-state index contributed by atoms with van der Waals surface area (Å²) in [6.45, 7) is 5.07. The molecule has 2 nitrogen and oxygen atoms in total. The maximum absolute atomic E-state index is 11.2. The third kappa shape index (κ3) is 3.67. The standard InChI is InChI=1S/C9H15NO/c1-4-7-9(11)10(6-3)8-5-2/h2H,4,6-8H2,1,3H3. The highest BCUT2D eigenvalue weighted by Crippen LogP contribution is 1.95. The SMILES string of the molecule is C#CCN(CC)C(=O)CCC. The first-order valence-electron chi connectivity index (χ1n) is 3.97. The molecule has 0 aliphatic heterocycles. The minimum Gasteiger partial charge on any atom is -0.332 e. The lowest BCUT2D eigenvalue weighted by Gasteiger charge is -2.16. The van der Waals surface area contributed by atoms with Crippen molar-refractivity contribution in [1.29, 1.82) is 0 Å². The number of carbonyl (C=O) groups is 1. The molecule has 0 bridgehead atoms. The highest BCUT2D eigenvalue weighted by atomic mass is 16.2. The van der Waals surface area contributed by atoms with Gasteiger partial charge < -0.3 is 4.90 Å². The van der Waals surface area contributed by atoms with Gasteiger partial charge in [-0.05, 0) is 13.3 Å². The van der Waals surface area contributed by atoms with Gasteiger partial charge in [-0.2, -0.15) is 0 Å². The van der Waals surface area contributed by atoms with E-state index in [0.29, 0.717) is 19.5 Å². The van der Waals surface area contributed by atoms with E-state index in [4.69, 9.17) is 6.42 Å². The number of carbonyl (C=O) groups excluding carboxylic acids is 1. The molecule has 0 aromatic heterocycles. The van der Waals surface area contributed by atoms with Gasteiger partial charge in [0.15, 0.2) is 0 Å². The van der Waals surface area contributed by atoms with Crippen LogP contribution in [0.4, 0.5) is 0 Å². The van der Waals surface area contributed by atoms with Gasteiger partial charge in [0.1, 0.15) is 0 Å². The van der Waals surface area contributed by atoms with Crippen LogP contribution in [0.2, 0.25) is 0 Å². The van der Waals surface area contributed by atoms with Crippen LogP contribution in [0.1, 0.15) is 26.7 Å². The van der Waals surface area contributed by atoms with Crippen LogP contribution in [0.5, 0.6) is 0 Å². The molecule has 0 N–H and O–H groups in total. The summed E-state index contributed by atoms with van der Waals surface area (Å²) in [6.07, 6.45) is 6.59. The van der Waals surface area contributed by atoms with Crippen molar-refractivity contribution < 1.29 is 4.79 Å². The predicted molar refractivity (Wildman–Crippen MR) is 46.0 cm³/mol. The summed E-state index contributed by atoms with van der Waals surface area (Å²) in [5, 5.41) is 0. The van der Waals surface area contributed by atoms with Crippen molar-refractivity contribution in [2.75, 3.05) is 13.1 Å². The van der Waals surface area contributed by atoms with E-state index >= 15 is 0 Å². The quantitative estimate of drug-likeness (QED) is 0.557. The van der Waals surface area contributed by atoms with Crippen LogP contribution in [0.15, 0.2) is 0 Å². The largest absolute Gasteiger partial charge is 0.332 e. The summed E-state index contributed by atoms with van der Waals surface area (Å²) in [7, 11) is 0. The Morgan fingerprint density at radius 2 is 2.18 bits per heavy atom. The second-order valence-corrected chi connectivity index (χ2v) is 2.36. The number of hydrogen-bond donors (Lipinski definition) is 0. The zero-order valence-electron chi connectivity index (χ0n) is 7.26. The normalized spacial score (nSPS) is 8.82. The maximum atomic E-state index is 11.2. The summed E-state index contributed by atoms with van der Waals surface area (Å²) < 4.78 is 0. The fourth-order valence-electron chi connectivity index (χ4n) is 0.859. The number of rotatable bonds is 4. The Balaban J connectivity index is 3.83. The Labute approximate surface area is 68.6 Å². The van der Waals surface area contributed by atoms with Gasteiger partial charge >= 0.3 is 0 Å². The van der Waals surface area contributed by atoms with Crippen LogP contribution in [0.25, 0.3) is 0 Å². The molecule has 0 atom stereocenters. The molecule has 0 aromatic rings. The van der Waals surface area contributed by atoms with Crippen LogP contribution < -0.4 is 0 Å². The van der Waals surface area contributed by atoms with E-state index in [9.17, 15) is 4.79 Å². The average molecular weight is 153 g/mol. The number of terminal acetylenes is 1. The van der Waals surface area contributed by atoms with Crippen molar-refractivity contribution in [2.45, 2.75) is 26.7 Å². The van der Waals surface area contributed by atoms with E-state index in [1.165, 1.54) is 0 Å². The lowest BCUT2D eigenvalue weighted by Crippen LogP contribution is -2.30. The Hall–Kier alpha value is -0.970. The molecule has 0 rings (SSSR count). The van der Waals surface area contributed by atoms with Crippen LogP contribution in [0, 0.1) is 12.3 Å². The predicted octanol–water partition coefficient (Wildman–Crippen LogP) is 1.27. The van der Waals surface area contributed by atoms with Crippen molar-refractivity contribution >= 4 is 5.91 Å². The maximum Gasteiger partial charge on any atom is 0.223 e. The van der Waals surface area contributed by atoms with Gasteiger partial charge in [-0.25, -0.2) is 0 Å². The summed E-state index contributed by atoms with van der Waals surface area (Å²) in [6, 6.07) is 0. The first-order valence-corrected chi connectivity index (χ1v) is 3.97. The monoisotopic (exact) mass is 153 g/mol. The molecule has 0 saturated heterocycles. The van der Waals surface area contributed by atoms with Crippen molar-refractivity contribution in [2.24, 2.45) is 0 Å². The van der Waals surface area contributed by atoms with Gasteiger partial charge in [0.05, 0.1) is 6.54 Å². The Bertz CT molecular complexity index is 157. The molecule has 0 fully saturated rings. The number of nitrogens with zero attached hydrogens (tertiary/aromatic N) is 1. The van der Waals surface area contributed by atoms with Crippen molar-refractivity contribution in [3.05, 3.63) is 0 Å². The van der Waals surface area contributed by atoms with Gasteiger partial charge in [-0.3, -0.25) is 4.79 Å². The molecular formula is C9H15NO. The summed E-state index contributed by atoms with van der Waals surface area (Å²) in [5.74, 6) is 2.62. The fourth-order valence-corrected chi connectivity index (χ4v) is 0.859. The van der Waals surface area contributed by atoms with Crippen LogP contribution in [-0.4, -0.2) is 23.9 Å². The van der Waals surface area contributed by atoms with E-state index in [0.717, 1.165) is 6.42 Å². The molecule has 2 heteroatoms. The van der Waals surface area contributed by atoms with Crippen molar-refractivity contribution in [3.63, 3.8) is 0 Å².